The lowest BCUT2D eigenvalue weighted by Crippen LogP contribution is -2.56. The highest BCUT2D eigenvalue weighted by molar-refractivity contribution is 6.03. The van der Waals surface area contributed by atoms with Crippen LogP contribution in [0.2, 0.25) is 0 Å². The molecule has 1 saturated heterocycles. The van der Waals surface area contributed by atoms with Gasteiger partial charge in [0, 0.05) is 5.69 Å². The van der Waals surface area contributed by atoms with Gasteiger partial charge in [0.25, 0.3) is 0 Å². The number of carbonyl (C=O) groups excluding carboxylic acids is 1. The molecule has 1 amide bonds. The Morgan fingerprint density at radius 1 is 1.33 bits per heavy atom. The number of rotatable bonds is 6. The van der Waals surface area contributed by atoms with Crippen molar-refractivity contribution in [3.05, 3.63) is 30.3 Å². The number of benzene rings is 1. The predicted molar refractivity (Wildman–Crippen MR) is 81.3 cm³/mol. The van der Waals surface area contributed by atoms with Gasteiger partial charge in [-0.25, -0.2) is 0 Å². The van der Waals surface area contributed by atoms with Crippen LogP contribution in [0.15, 0.2) is 30.3 Å². The van der Waals surface area contributed by atoms with Crippen molar-refractivity contribution in [3.8, 4) is 0 Å². The van der Waals surface area contributed by atoms with Crippen LogP contribution in [0.5, 0.6) is 0 Å². The van der Waals surface area contributed by atoms with Gasteiger partial charge in [0.1, 0.15) is 6.54 Å². The molecule has 2 N–H and O–H groups in total. The average Bonchev–Trinajstić information content (AvgIpc) is 2.95. The molecule has 5 heteroatoms. The van der Waals surface area contributed by atoms with Gasteiger partial charge in [-0.15, -0.1) is 0 Å². The lowest BCUT2D eigenvalue weighted by molar-refractivity contribution is -0.137. The third-order valence-electron chi connectivity index (χ3n) is 3.94. The second kappa shape index (κ2) is 6.72. The van der Waals surface area contributed by atoms with Gasteiger partial charge in [0.05, 0.1) is 5.54 Å². The molecule has 0 radical (unpaired) electrons. The molecule has 5 nitrogen and oxygen atoms in total. The first-order valence-electron chi connectivity index (χ1n) is 7.43. The van der Waals surface area contributed by atoms with Crippen molar-refractivity contribution in [3.63, 3.8) is 0 Å². The number of aliphatic carboxylic acids is 1. The maximum absolute atomic E-state index is 13.0. The van der Waals surface area contributed by atoms with Crippen molar-refractivity contribution in [2.45, 2.75) is 38.1 Å². The van der Waals surface area contributed by atoms with E-state index in [-0.39, 0.29) is 12.5 Å². The van der Waals surface area contributed by atoms with Crippen molar-refractivity contribution >= 4 is 17.6 Å². The SMILES string of the molecule is CCCC1(C(=O)N(CC(=O)O)c2ccccc2)CCCN1. The minimum atomic E-state index is -1.00. The van der Waals surface area contributed by atoms with E-state index in [1.807, 2.05) is 25.1 Å². The zero-order valence-corrected chi connectivity index (χ0v) is 12.3. The smallest absolute Gasteiger partial charge is 0.323 e. The lowest BCUT2D eigenvalue weighted by atomic mass is 9.90. The van der Waals surface area contributed by atoms with Gasteiger partial charge in [-0.1, -0.05) is 31.5 Å². The number of para-hydroxylation sites is 1. The van der Waals surface area contributed by atoms with E-state index < -0.39 is 11.5 Å². The molecule has 1 aliphatic rings. The maximum Gasteiger partial charge on any atom is 0.323 e. The van der Waals surface area contributed by atoms with E-state index in [0.29, 0.717) is 5.69 Å². The Hall–Kier alpha value is -1.88. The number of carboxylic acids is 1. The fourth-order valence-electron chi connectivity index (χ4n) is 3.02. The standard InChI is InChI=1S/C16H22N2O3/c1-2-9-16(10-6-11-17-16)15(21)18(12-14(19)20)13-7-4-3-5-8-13/h3-5,7-8,17H,2,6,9-12H2,1H3,(H,19,20). The Kier molecular flexibility index (Phi) is 4.96. The Morgan fingerprint density at radius 3 is 2.57 bits per heavy atom. The fourth-order valence-corrected chi connectivity index (χ4v) is 3.02. The van der Waals surface area contributed by atoms with E-state index in [9.17, 15) is 9.59 Å². The number of hydrogen-bond acceptors (Lipinski definition) is 3. The summed E-state index contributed by atoms with van der Waals surface area (Å²) in [5.74, 6) is -1.13. The summed E-state index contributed by atoms with van der Waals surface area (Å²) in [6.07, 6.45) is 3.33. The largest absolute Gasteiger partial charge is 0.480 e. The average molecular weight is 290 g/mol. The van der Waals surface area contributed by atoms with Gasteiger partial charge in [-0.2, -0.15) is 0 Å². The topological polar surface area (TPSA) is 69.6 Å². The van der Waals surface area contributed by atoms with E-state index in [1.165, 1.54) is 4.90 Å². The first-order valence-corrected chi connectivity index (χ1v) is 7.43. The van der Waals surface area contributed by atoms with Crippen LogP contribution < -0.4 is 10.2 Å². The summed E-state index contributed by atoms with van der Waals surface area (Å²) in [6, 6.07) is 9.02. The molecule has 1 heterocycles. The van der Waals surface area contributed by atoms with Gasteiger partial charge in [0.15, 0.2) is 0 Å². The van der Waals surface area contributed by atoms with Gasteiger partial charge in [-0.3, -0.25) is 14.5 Å². The van der Waals surface area contributed by atoms with Crippen LogP contribution >= 0.6 is 0 Å². The van der Waals surface area contributed by atoms with Crippen LogP contribution in [0.25, 0.3) is 0 Å². The molecule has 1 aromatic carbocycles. The Balaban J connectivity index is 2.31. The summed E-state index contributed by atoms with van der Waals surface area (Å²) in [6.45, 7) is 2.54. The van der Waals surface area contributed by atoms with Crippen molar-refractivity contribution in [1.29, 1.82) is 0 Å². The number of carboxylic acid groups (broad SMARTS) is 1. The zero-order valence-electron chi connectivity index (χ0n) is 12.3. The Bertz CT molecular complexity index is 496. The molecule has 0 spiro atoms. The van der Waals surface area contributed by atoms with Crippen molar-refractivity contribution in [2.24, 2.45) is 0 Å². The predicted octanol–water partition coefficient (Wildman–Crippen LogP) is 2.03. The van der Waals surface area contributed by atoms with Crippen molar-refractivity contribution < 1.29 is 14.7 Å². The number of anilines is 1. The Labute approximate surface area is 125 Å². The van der Waals surface area contributed by atoms with Gasteiger partial charge in [-0.05, 0) is 37.9 Å². The van der Waals surface area contributed by atoms with E-state index in [1.54, 1.807) is 12.1 Å². The number of carbonyl (C=O) groups is 2. The molecule has 0 aromatic heterocycles. The number of nitrogens with one attached hydrogen (secondary N) is 1. The fraction of sp³-hybridized carbons (Fsp3) is 0.500. The number of hydrogen-bond donors (Lipinski definition) is 2. The molecule has 1 aromatic rings. The minimum absolute atomic E-state index is 0.129. The molecule has 2 rings (SSSR count). The summed E-state index contributed by atoms with van der Waals surface area (Å²) >= 11 is 0. The van der Waals surface area contributed by atoms with Crippen LogP contribution in [-0.4, -0.2) is 35.6 Å². The van der Waals surface area contributed by atoms with Gasteiger partial charge >= 0.3 is 5.97 Å². The molecule has 21 heavy (non-hydrogen) atoms. The normalized spacial score (nSPS) is 21.2. The third kappa shape index (κ3) is 3.42. The molecular formula is C16H22N2O3. The molecule has 0 bridgehead atoms. The minimum Gasteiger partial charge on any atom is -0.480 e. The van der Waals surface area contributed by atoms with E-state index in [4.69, 9.17) is 5.11 Å². The van der Waals surface area contributed by atoms with Gasteiger partial charge < -0.3 is 10.4 Å². The molecule has 1 atom stereocenters. The first-order chi connectivity index (χ1) is 10.1. The molecule has 1 fully saturated rings. The van der Waals surface area contributed by atoms with E-state index in [0.717, 1.165) is 32.2 Å². The zero-order chi connectivity index (χ0) is 15.3. The molecular weight excluding hydrogens is 268 g/mol. The highest BCUT2D eigenvalue weighted by Gasteiger charge is 2.43. The summed E-state index contributed by atoms with van der Waals surface area (Å²) in [5, 5.41) is 12.4. The second-order valence-electron chi connectivity index (χ2n) is 5.48. The molecule has 1 unspecified atom stereocenters. The molecule has 0 saturated carbocycles. The van der Waals surface area contributed by atoms with Crippen molar-refractivity contribution in [1.82, 2.24) is 5.32 Å². The highest BCUT2D eigenvalue weighted by atomic mass is 16.4. The summed E-state index contributed by atoms with van der Waals surface area (Å²) in [7, 11) is 0. The van der Waals surface area contributed by atoms with Crippen LogP contribution in [0.3, 0.4) is 0 Å². The highest BCUT2D eigenvalue weighted by Crippen LogP contribution is 2.29. The van der Waals surface area contributed by atoms with Gasteiger partial charge in [0.2, 0.25) is 5.91 Å². The van der Waals surface area contributed by atoms with Crippen molar-refractivity contribution in [2.75, 3.05) is 18.0 Å². The number of nitrogens with zero attached hydrogens (tertiary/aromatic N) is 1. The summed E-state index contributed by atoms with van der Waals surface area (Å²) in [4.78, 5) is 25.5. The quantitative estimate of drug-likeness (QED) is 0.841. The monoisotopic (exact) mass is 290 g/mol. The lowest BCUT2D eigenvalue weighted by Gasteiger charge is -2.34. The second-order valence-corrected chi connectivity index (χ2v) is 5.48. The van der Waals surface area contributed by atoms with Crippen LogP contribution in [0, 0.1) is 0 Å². The van der Waals surface area contributed by atoms with Crippen LogP contribution in [0.1, 0.15) is 32.6 Å². The summed E-state index contributed by atoms with van der Waals surface area (Å²) in [5.41, 5.74) is 0.0223. The third-order valence-corrected chi connectivity index (χ3v) is 3.94. The molecule has 0 aliphatic carbocycles. The van der Waals surface area contributed by atoms with Crippen LogP contribution in [-0.2, 0) is 9.59 Å². The van der Waals surface area contributed by atoms with Crippen LogP contribution in [0.4, 0.5) is 5.69 Å². The summed E-state index contributed by atoms with van der Waals surface area (Å²) < 4.78 is 0. The van der Waals surface area contributed by atoms with E-state index in [2.05, 4.69) is 5.32 Å². The molecule has 1 aliphatic heterocycles. The maximum atomic E-state index is 13.0. The molecule has 114 valence electrons. The van der Waals surface area contributed by atoms with E-state index >= 15 is 0 Å². The first kappa shape index (κ1) is 15.5. The Morgan fingerprint density at radius 2 is 2.05 bits per heavy atom. The number of amides is 1.